The van der Waals surface area contributed by atoms with Crippen LogP contribution in [0.3, 0.4) is 0 Å². The van der Waals surface area contributed by atoms with Gasteiger partial charge in [-0.2, -0.15) is 0 Å². The third kappa shape index (κ3) is 5.20. The van der Waals surface area contributed by atoms with Crippen molar-refractivity contribution in [2.24, 2.45) is 0 Å². The number of aryl methyl sites for hydroxylation is 1. The topological polar surface area (TPSA) is 54.3 Å². The van der Waals surface area contributed by atoms with Crippen molar-refractivity contribution in [2.75, 3.05) is 32.7 Å². The molecule has 0 radical (unpaired) electrons. The Bertz CT molecular complexity index is 488. The average molecular weight is 289 g/mol. The van der Waals surface area contributed by atoms with Crippen LogP contribution in [0.4, 0.5) is 0 Å². The van der Waals surface area contributed by atoms with Gasteiger partial charge in [-0.25, -0.2) is 0 Å². The van der Waals surface area contributed by atoms with Crippen LogP contribution in [0.1, 0.15) is 26.2 Å². The molecule has 6 nitrogen and oxygen atoms in total. The molecular formula is C15H23N5O. The van der Waals surface area contributed by atoms with E-state index in [-0.39, 0.29) is 5.91 Å². The summed E-state index contributed by atoms with van der Waals surface area (Å²) < 4.78 is 1.84. The molecule has 0 aliphatic carbocycles. The normalized spacial score (nSPS) is 16.1. The van der Waals surface area contributed by atoms with Crippen molar-refractivity contribution < 1.29 is 4.79 Å². The van der Waals surface area contributed by atoms with Crippen LogP contribution in [-0.4, -0.2) is 63.2 Å². The van der Waals surface area contributed by atoms with Crippen molar-refractivity contribution in [3.05, 3.63) is 12.7 Å². The lowest BCUT2D eigenvalue weighted by atomic mass is 10.3. The Labute approximate surface area is 126 Å². The van der Waals surface area contributed by atoms with E-state index in [1.807, 2.05) is 9.47 Å². The first-order valence-corrected chi connectivity index (χ1v) is 7.58. The van der Waals surface area contributed by atoms with Crippen LogP contribution in [0.15, 0.2) is 12.7 Å². The van der Waals surface area contributed by atoms with Gasteiger partial charge >= 0.3 is 0 Å². The van der Waals surface area contributed by atoms with Gasteiger partial charge in [-0.15, -0.1) is 16.1 Å². The summed E-state index contributed by atoms with van der Waals surface area (Å²) in [6, 6.07) is 0. The van der Waals surface area contributed by atoms with Gasteiger partial charge < -0.3 is 9.47 Å². The molecule has 0 unspecified atom stereocenters. The molecule has 2 rings (SSSR count). The van der Waals surface area contributed by atoms with Gasteiger partial charge in [-0.05, 0) is 6.42 Å². The molecule has 1 aromatic heterocycles. The summed E-state index contributed by atoms with van der Waals surface area (Å²) in [4.78, 5) is 16.5. The van der Waals surface area contributed by atoms with Crippen LogP contribution in [-0.2, 0) is 11.3 Å². The Hall–Kier alpha value is -1.87. The highest BCUT2D eigenvalue weighted by atomic mass is 16.2. The largest absolute Gasteiger partial charge is 0.341 e. The molecule has 6 heteroatoms. The van der Waals surface area contributed by atoms with Gasteiger partial charge in [0.15, 0.2) is 0 Å². The molecule has 1 aromatic rings. The predicted octanol–water partition coefficient (Wildman–Crippen LogP) is 0.616. The number of carbonyl (C=O) groups is 1. The van der Waals surface area contributed by atoms with Gasteiger partial charge in [0.1, 0.15) is 12.7 Å². The second-order valence-corrected chi connectivity index (χ2v) is 5.17. The molecule has 0 bridgehead atoms. The fraction of sp³-hybridized carbons (Fsp3) is 0.667. The van der Waals surface area contributed by atoms with E-state index in [9.17, 15) is 4.79 Å². The van der Waals surface area contributed by atoms with E-state index < -0.39 is 0 Å². The minimum atomic E-state index is 0.213. The van der Waals surface area contributed by atoms with Gasteiger partial charge in [0.05, 0.1) is 6.54 Å². The smallest absolute Gasteiger partial charge is 0.224 e. The maximum Gasteiger partial charge on any atom is 0.224 e. The molecule has 0 N–H and O–H groups in total. The molecule has 21 heavy (non-hydrogen) atoms. The minimum absolute atomic E-state index is 0.213. The summed E-state index contributed by atoms with van der Waals surface area (Å²) in [6.07, 6.45) is 5.72. The summed E-state index contributed by atoms with van der Waals surface area (Å²) in [5, 5.41) is 7.48. The highest BCUT2D eigenvalue weighted by molar-refractivity contribution is 5.76. The summed E-state index contributed by atoms with van der Waals surface area (Å²) >= 11 is 0. The fourth-order valence-electron chi connectivity index (χ4n) is 2.39. The van der Waals surface area contributed by atoms with Crippen LogP contribution in [0.25, 0.3) is 0 Å². The lowest BCUT2D eigenvalue weighted by Gasteiger charge is -2.21. The zero-order valence-corrected chi connectivity index (χ0v) is 12.7. The molecule has 0 spiro atoms. The monoisotopic (exact) mass is 289 g/mol. The summed E-state index contributed by atoms with van der Waals surface area (Å²) in [7, 11) is 0. The van der Waals surface area contributed by atoms with Crippen LogP contribution in [0.2, 0.25) is 0 Å². The van der Waals surface area contributed by atoms with Gasteiger partial charge in [-0.1, -0.05) is 12.8 Å². The lowest BCUT2D eigenvalue weighted by Crippen LogP contribution is -2.35. The first kappa shape index (κ1) is 15.5. The third-order valence-corrected chi connectivity index (χ3v) is 3.60. The molecule has 1 amide bonds. The van der Waals surface area contributed by atoms with Crippen molar-refractivity contribution in [3.63, 3.8) is 0 Å². The molecular weight excluding hydrogens is 266 g/mol. The van der Waals surface area contributed by atoms with E-state index in [4.69, 9.17) is 0 Å². The maximum atomic E-state index is 12.2. The Balaban J connectivity index is 1.75. The zero-order valence-electron chi connectivity index (χ0n) is 12.7. The van der Waals surface area contributed by atoms with Crippen molar-refractivity contribution in [1.29, 1.82) is 0 Å². The van der Waals surface area contributed by atoms with Crippen LogP contribution >= 0.6 is 0 Å². The first-order chi connectivity index (χ1) is 10.3. The molecule has 0 atom stereocenters. The predicted molar refractivity (Wildman–Crippen MR) is 80.3 cm³/mol. The molecule has 2 heterocycles. The lowest BCUT2D eigenvalue weighted by molar-refractivity contribution is -0.131. The van der Waals surface area contributed by atoms with E-state index in [0.29, 0.717) is 13.0 Å². The van der Waals surface area contributed by atoms with Crippen molar-refractivity contribution in [3.8, 4) is 11.8 Å². The summed E-state index contributed by atoms with van der Waals surface area (Å²) in [6.45, 7) is 7.11. The Morgan fingerprint density at radius 3 is 2.71 bits per heavy atom. The van der Waals surface area contributed by atoms with Gasteiger partial charge in [0.25, 0.3) is 0 Å². The Morgan fingerprint density at radius 2 is 1.95 bits per heavy atom. The first-order valence-electron chi connectivity index (χ1n) is 7.58. The minimum Gasteiger partial charge on any atom is -0.341 e. The quantitative estimate of drug-likeness (QED) is 0.762. The molecule has 1 aliphatic heterocycles. The molecule has 1 aliphatic rings. The number of carbonyl (C=O) groups excluding carboxylic acids is 1. The number of aromatic nitrogens is 3. The highest BCUT2D eigenvalue weighted by Crippen LogP contribution is 2.05. The van der Waals surface area contributed by atoms with Crippen LogP contribution < -0.4 is 0 Å². The summed E-state index contributed by atoms with van der Waals surface area (Å²) in [5.74, 6) is 6.49. The van der Waals surface area contributed by atoms with Crippen LogP contribution in [0.5, 0.6) is 0 Å². The molecule has 1 saturated heterocycles. The number of rotatable bonds is 4. The Kier molecular flexibility index (Phi) is 6.22. The van der Waals surface area contributed by atoms with E-state index >= 15 is 0 Å². The number of hydrogen-bond donors (Lipinski definition) is 0. The molecule has 0 aromatic carbocycles. The number of nitrogens with zero attached hydrogens (tertiary/aromatic N) is 5. The van der Waals surface area contributed by atoms with E-state index in [2.05, 4.69) is 33.9 Å². The zero-order chi connectivity index (χ0) is 14.9. The van der Waals surface area contributed by atoms with E-state index in [0.717, 1.165) is 45.6 Å². The second kappa shape index (κ2) is 8.42. The Morgan fingerprint density at radius 1 is 1.14 bits per heavy atom. The third-order valence-electron chi connectivity index (χ3n) is 3.60. The standard InChI is InChI=1S/C15H23N5O/c1-2-3-4-7-18-8-5-9-20(12-11-18)15(21)6-10-19-13-16-17-14-19/h13-14H,2,5-12H2,1H3. The van der Waals surface area contributed by atoms with Crippen molar-refractivity contribution in [1.82, 2.24) is 24.6 Å². The highest BCUT2D eigenvalue weighted by Gasteiger charge is 2.18. The average Bonchev–Trinajstić information content (AvgIpc) is 2.90. The van der Waals surface area contributed by atoms with E-state index in [1.54, 1.807) is 12.7 Å². The fourth-order valence-corrected chi connectivity index (χ4v) is 2.39. The van der Waals surface area contributed by atoms with Crippen LogP contribution in [0, 0.1) is 11.8 Å². The maximum absolute atomic E-state index is 12.2. The van der Waals surface area contributed by atoms with Crippen molar-refractivity contribution >= 4 is 5.91 Å². The number of hydrogen-bond acceptors (Lipinski definition) is 4. The van der Waals surface area contributed by atoms with Crippen molar-refractivity contribution in [2.45, 2.75) is 32.7 Å². The van der Waals surface area contributed by atoms with Gasteiger partial charge in [0, 0.05) is 45.6 Å². The molecule has 0 saturated carbocycles. The second-order valence-electron chi connectivity index (χ2n) is 5.17. The molecule has 114 valence electrons. The van der Waals surface area contributed by atoms with Gasteiger partial charge in [0.2, 0.25) is 5.91 Å². The summed E-state index contributed by atoms with van der Waals surface area (Å²) in [5.41, 5.74) is 0. The molecule has 1 fully saturated rings. The van der Waals surface area contributed by atoms with E-state index in [1.165, 1.54) is 0 Å². The van der Waals surface area contributed by atoms with Gasteiger partial charge in [-0.3, -0.25) is 9.69 Å². The SMILES string of the molecule is CCC#CCN1CCCN(C(=O)CCn2cnnc2)CC1. The number of amides is 1.